The molecule has 4 rings (SSSR count). The van der Waals surface area contributed by atoms with Crippen molar-refractivity contribution in [2.75, 3.05) is 9.44 Å². The van der Waals surface area contributed by atoms with Crippen molar-refractivity contribution in [3.8, 4) is 5.75 Å². The molecule has 8 nitrogen and oxygen atoms in total. The van der Waals surface area contributed by atoms with Crippen molar-refractivity contribution in [1.29, 1.82) is 0 Å². The highest BCUT2D eigenvalue weighted by atomic mass is 32.2. The Hall–Kier alpha value is -3.77. The van der Waals surface area contributed by atoms with Crippen molar-refractivity contribution in [1.82, 2.24) is 4.98 Å². The number of anilines is 2. The first-order valence-corrected chi connectivity index (χ1v) is 13.1. The molecule has 35 heavy (non-hydrogen) atoms. The van der Waals surface area contributed by atoms with E-state index in [-0.39, 0.29) is 33.4 Å². The van der Waals surface area contributed by atoms with E-state index in [1.54, 1.807) is 0 Å². The number of pyridine rings is 1. The summed E-state index contributed by atoms with van der Waals surface area (Å²) < 4.78 is 85.3. The summed E-state index contributed by atoms with van der Waals surface area (Å²) in [6, 6.07) is 11.0. The molecule has 3 aromatic carbocycles. The van der Waals surface area contributed by atoms with E-state index in [1.807, 2.05) is 0 Å². The Morgan fingerprint density at radius 2 is 1.29 bits per heavy atom. The zero-order chi connectivity index (χ0) is 25.5. The molecule has 0 fully saturated rings. The van der Waals surface area contributed by atoms with E-state index < -0.39 is 47.2 Å². The van der Waals surface area contributed by atoms with Gasteiger partial charge in [0, 0.05) is 22.7 Å². The fourth-order valence-corrected chi connectivity index (χ4v) is 6.07. The van der Waals surface area contributed by atoms with Crippen LogP contribution in [0.2, 0.25) is 0 Å². The van der Waals surface area contributed by atoms with Crippen LogP contribution >= 0.6 is 0 Å². The normalized spacial score (nSPS) is 12.0. The maximum atomic E-state index is 14.0. The highest BCUT2D eigenvalue weighted by Crippen LogP contribution is 2.37. The van der Waals surface area contributed by atoms with Gasteiger partial charge in [0.15, 0.2) is 0 Å². The topological polar surface area (TPSA) is 125 Å². The smallest absolute Gasteiger partial charge is 0.265 e. The van der Waals surface area contributed by atoms with Gasteiger partial charge in [-0.3, -0.25) is 14.4 Å². The van der Waals surface area contributed by atoms with Gasteiger partial charge in [-0.15, -0.1) is 0 Å². The van der Waals surface area contributed by atoms with Gasteiger partial charge in [-0.2, -0.15) is 0 Å². The number of hydrogen-bond donors (Lipinski definition) is 3. The molecule has 1 aromatic heterocycles. The fourth-order valence-electron chi connectivity index (χ4n) is 3.43. The Bertz CT molecular complexity index is 1690. The number of halogens is 2. The zero-order valence-electron chi connectivity index (χ0n) is 18.4. The second-order valence-electron chi connectivity index (χ2n) is 7.66. The molecule has 1 heterocycles. The first-order valence-electron chi connectivity index (χ1n) is 10.1. The summed E-state index contributed by atoms with van der Waals surface area (Å²) in [4.78, 5) is 2.67. The van der Waals surface area contributed by atoms with Gasteiger partial charge < -0.3 is 5.11 Å². The van der Waals surface area contributed by atoms with Crippen LogP contribution in [0, 0.1) is 25.5 Å². The first-order chi connectivity index (χ1) is 16.4. The predicted octanol–water partition coefficient (Wildman–Crippen LogP) is 4.44. The van der Waals surface area contributed by atoms with E-state index in [0.717, 1.165) is 18.2 Å². The number of aromatic hydroxyl groups is 1. The number of phenols is 1. The van der Waals surface area contributed by atoms with Gasteiger partial charge in [0.25, 0.3) is 20.0 Å². The van der Waals surface area contributed by atoms with Crippen LogP contribution in [0.3, 0.4) is 0 Å². The maximum absolute atomic E-state index is 14.0. The Kier molecular flexibility index (Phi) is 6.11. The molecule has 0 aliphatic heterocycles. The Balaban J connectivity index is 1.90. The molecule has 0 amide bonds. The van der Waals surface area contributed by atoms with Crippen LogP contribution in [0.4, 0.5) is 20.2 Å². The van der Waals surface area contributed by atoms with Crippen LogP contribution in [-0.2, 0) is 20.0 Å². The van der Waals surface area contributed by atoms with E-state index in [2.05, 4.69) is 14.4 Å². The summed E-state index contributed by atoms with van der Waals surface area (Å²) in [6.45, 7) is 2.74. The van der Waals surface area contributed by atoms with Gasteiger partial charge in [-0.05, 0) is 56.3 Å². The zero-order valence-corrected chi connectivity index (χ0v) is 20.0. The van der Waals surface area contributed by atoms with Crippen molar-refractivity contribution < 1.29 is 30.7 Å². The molecular formula is C23H19F2N3O5S2. The lowest BCUT2D eigenvalue weighted by Crippen LogP contribution is -2.18. The third-order valence-electron chi connectivity index (χ3n) is 5.39. The average Bonchev–Trinajstić information content (AvgIpc) is 2.80. The number of hydrogen-bond acceptors (Lipinski definition) is 6. The standard InChI is InChI=1S/C23H19F2N3O5S2/c1-13-16(24)7-3-9-18(13)27-34(30,31)20-12-21(23(29)15-6-5-11-26-22(15)20)35(32,33)28-19-10-4-8-17(25)14(19)2/h3-12,27-29H,1-2H3. The molecule has 4 aromatic rings. The predicted molar refractivity (Wildman–Crippen MR) is 127 cm³/mol. The summed E-state index contributed by atoms with van der Waals surface area (Å²) >= 11 is 0. The quantitative estimate of drug-likeness (QED) is 0.346. The number of aromatic nitrogens is 1. The van der Waals surface area contributed by atoms with E-state index in [1.165, 1.54) is 56.4 Å². The van der Waals surface area contributed by atoms with Gasteiger partial charge in [0.1, 0.15) is 27.2 Å². The van der Waals surface area contributed by atoms with Gasteiger partial charge in [0.05, 0.1) is 16.9 Å². The molecule has 0 spiro atoms. The molecule has 0 aliphatic rings. The van der Waals surface area contributed by atoms with Gasteiger partial charge in [0.2, 0.25) is 0 Å². The minimum absolute atomic E-state index is 0.00844. The number of rotatable bonds is 6. The van der Waals surface area contributed by atoms with Gasteiger partial charge >= 0.3 is 0 Å². The molecule has 182 valence electrons. The highest BCUT2D eigenvalue weighted by molar-refractivity contribution is 7.93. The summed E-state index contributed by atoms with van der Waals surface area (Å²) in [5, 5.41) is 10.6. The second-order valence-corrected chi connectivity index (χ2v) is 11.0. The SMILES string of the molecule is Cc1c(F)cccc1NS(=O)(=O)c1cc(S(=O)(=O)Nc2cccc(F)c2C)c2ncccc2c1O. The molecule has 12 heteroatoms. The van der Waals surface area contributed by atoms with Crippen molar-refractivity contribution >= 4 is 42.3 Å². The summed E-state index contributed by atoms with van der Waals surface area (Å²) in [6.07, 6.45) is 1.27. The van der Waals surface area contributed by atoms with Gasteiger partial charge in [-0.25, -0.2) is 25.6 Å². The minimum atomic E-state index is -4.59. The molecule has 0 bridgehead atoms. The van der Waals surface area contributed by atoms with Crippen molar-refractivity contribution in [2.45, 2.75) is 23.6 Å². The number of sulfonamides is 2. The molecule has 0 radical (unpaired) electrons. The number of phenolic OH excluding ortho intramolecular Hbond substituents is 1. The van der Waals surface area contributed by atoms with Crippen LogP contribution in [0.1, 0.15) is 11.1 Å². The van der Waals surface area contributed by atoms with Crippen molar-refractivity contribution in [3.05, 3.63) is 83.6 Å². The lowest BCUT2D eigenvalue weighted by atomic mass is 10.2. The largest absolute Gasteiger partial charge is 0.506 e. The van der Waals surface area contributed by atoms with E-state index in [0.29, 0.717) is 0 Å². The van der Waals surface area contributed by atoms with E-state index in [9.17, 15) is 30.7 Å². The highest BCUT2D eigenvalue weighted by Gasteiger charge is 2.29. The van der Waals surface area contributed by atoms with E-state index >= 15 is 0 Å². The third kappa shape index (κ3) is 4.49. The fraction of sp³-hybridized carbons (Fsp3) is 0.0870. The summed E-state index contributed by atoms with van der Waals surface area (Å²) in [5.74, 6) is -2.04. The van der Waals surface area contributed by atoms with Crippen LogP contribution in [0.15, 0.2) is 70.6 Å². The minimum Gasteiger partial charge on any atom is -0.506 e. The third-order valence-corrected chi connectivity index (χ3v) is 8.15. The Morgan fingerprint density at radius 1 is 0.771 bits per heavy atom. The molecular weight excluding hydrogens is 500 g/mol. The lowest BCUT2D eigenvalue weighted by molar-refractivity contribution is 0.465. The van der Waals surface area contributed by atoms with Crippen LogP contribution in [0.5, 0.6) is 5.75 Å². The maximum Gasteiger partial charge on any atom is 0.265 e. The number of nitrogens with zero attached hydrogens (tertiary/aromatic N) is 1. The van der Waals surface area contributed by atoms with Crippen molar-refractivity contribution in [3.63, 3.8) is 0 Å². The first kappa shape index (κ1) is 24.4. The second kappa shape index (κ2) is 8.78. The van der Waals surface area contributed by atoms with Crippen LogP contribution in [-0.4, -0.2) is 26.9 Å². The molecule has 0 saturated heterocycles. The van der Waals surface area contributed by atoms with E-state index in [4.69, 9.17) is 0 Å². The lowest BCUT2D eigenvalue weighted by Gasteiger charge is -2.16. The molecule has 0 unspecified atom stereocenters. The number of fused-ring (bicyclic) bond motifs is 1. The summed E-state index contributed by atoms with van der Waals surface area (Å²) in [5.41, 5.74) is -0.307. The molecule has 0 atom stereocenters. The van der Waals surface area contributed by atoms with Gasteiger partial charge in [-0.1, -0.05) is 12.1 Å². The molecule has 3 N–H and O–H groups in total. The molecule has 0 saturated carbocycles. The van der Waals surface area contributed by atoms with Crippen LogP contribution < -0.4 is 9.44 Å². The number of benzene rings is 3. The average molecular weight is 520 g/mol. The summed E-state index contributed by atoms with van der Waals surface area (Å²) in [7, 11) is -9.10. The Morgan fingerprint density at radius 3 is 1.83 bits per heavy atom. The van der Waals surface area contributed by atoms with Crippen molar-refractivity contribution in [2.24, 2.45) is 0 Å². The number of nitrogens with one attached hydrogen (secondary N) is 2. The monoisotopic (exact) mass is 519 g/mol. The van der Waals surface area contributed by atoms with Crippen LogP contribution in [0.25, 0.3) is 10.9 Å². The molecule has 0 aliphatic carbocycles. The Labute approximate surface area is 200 Å².